The van der Waals surface area contributed by atoms with E-state index in [0.29, 0.717) is 5.56 Å². The highest BCUT2D eigenvalue weighted by Gasteiger charge is 2.26. The summed E-state index contributed by atoms with van der Waals surface area (Å²) in [6, 6.07) is 13.8. The average Bonchev–Trinajstić information content (AvgIpc) is 2.46. The molecule has 2 aromatic carbocycles. The first-order chi connectivity index (χ1) is 10.2. The minimum Gasteiger partial charge on any atom is -0.384 e. The number of aryl methyl sites for hydroxylation is 1. The summed E-state index contributed by atoms with van der Waals surface area (Å²) >= 11 is 3.33. The van der Waals surface area contributed by atoms with Gasteiger partial charge in [0.2, 0.25) is 10.0 Å². The Morgan fingerprint density at radius 2 is 1.82 bits per heavy atom. The van der Waals surface area contributed by atoms with E-state index in [1.807, 2.05) is 13.0 Å². The van der Waals surface area contributed by atoms with Crippen LogP contribution < -0.4 is 4.72 Å². The van der Waals surface area contributed by atoms with Gasteiger partial charge in [-0.05, 0) is 49.2 Å². The van der Waals surface area contributed by atoms with Crippen molar-refractivity contribution in [1.29, 1.82) is 0 Å². The van der Waals surface area contributed by atoms with E-state index >= 15 is 0 Å². The van der Waals surface area contributed by atoms with Crippen LogP contribution in [0.15, 0.2) is 57.9 Å². The first-order valence-corrected chi connectivity index (χ1v) is 9.03. The van der Waals surface area contributed by atoms with Crippen molar-refractivity contribution in [3.05, 3.63) is 64.1 Å². The Kier molecular flexibility index (Phi) is 5.07. The lowest BCUT2D eigenvalue weighted by atomic mass is 9.97. The highest BCUT2D eigenvalue weighted by molar-refractivity contribution is 9.10. The van der Waals surface area contributed by atoms with E-state index in [4.69, 9.17) is 0 Å². The van der Waals surface area contributed by atoms with Gasteiger partial charge in [-0.25, -0.2) is 13.1 Å². The molecule has 1 unspecified atom stereocenters. The number of nitrogens with one attached hydrogen (secondary N) is 1. The van der Waals surface area contributed by atoms with Gasteiger partial charge in [-0.1, -0.05) is 40.2 Å². The van der Waals surface area contributed by atoms with Crippen LogP contribution in [0, 0.1) is 6.92 Å². The Hall–Kier alpha value is -1.21. The number of rotatable bonds is 5. The van der Waals surface area contributed by atoms with E-state index in [2.05, 4.69) is 20.7 Å². The van der Waals surface area contributed by atoms with E-state index in [0.717, 1.165) is 10.0 Å². The maximum Gasteiger partial charge on any atom is 0.240 e. The van der Waals surface area contributed by atoms with Gasteiger partial charge in [0, 0.05) is 11.0 Å². The first kappa shape index (κ1) is 17.1. The highest BCUT2D eigenvalue weighted by atomic mass is 79.9. The van der Waals surface area contributed by atoms with Crippen molar-refractivity contribution >= 4 is 26.0 Å². The van der Waals surface area contributed by atoms with Gasteiger partial charge in [-0.3, -0.25) is 0 Å². The van der Waals surface area contributed by atoms with Crippen molar-refractivity contribution < 1.29 is 13.5 Å². The summed E-state index contributed by atoms with van der Waals surface area (Å²) < 4.78 is 27.9. The minimum absolute atomic E-state index is 0.106. The van der Waals surface area contributed by atoms with Crippen LogP contribution in [0.4, 0.5) is 0 Å². The van der Waals surface area contributed by atoms with Crippen LogP contribution in [-0.2, 0) is 15.6 Å². The molecule has 0 saturated heterocycles. The molecule has 0 amide bonds. The van der Waals surface area contributed by atoms with Crippen molar-refractivity contribution in [2.45, 2.75) is 24.3 Å². The van der Waals surface area contributed by atoms with Crippen molar-refractivity contribution in [3.8, 4) is 0 Å². The zero-order valence-corrected chi connectivity index (χ0v) is 14.8. The van der Waals surface area contributed by atoms with Gasteiger partial charge < -0.3 is 5.11 Å². The fraction of sp³-hybridized carbons (Fsp3) is 0.250. The molecule has 2 N–H and O–H groups in total. The molecule has 118 valence electrons. The van der Waals surface area contributed by atoms with Crippen molar-refractivity contribution in [1.82, 2.24) is 4.72 Å². The van der Waals surface area contributed by atoms with Gasteiger partial charge in [0.25, 0.3) is 0 Å². The maximum absolute atomic E-state index is 12.3. The Bertz CT molecular complexity index is 755. The van der Waals surface area contributed by atoms with Crippen LogP contribution in [0.25, 0.3) is 0 Å². The van der Waals surface area contributed by atoms with Crippen molar-refractivity contribution in [2.75, 3.05) is 6.54 Å². The second-order valence-electron chi connectivity index (χ2n) is 5.42. The molecular weight excluding hydrogens is 366 g/mol. The van der Waals surface area contributed by atoms with Crippen LogP contribution >= 0.6 is 15.9 Å². The largest absolute Gasteiger partial charge is 0.384 e. The van der Waals surface area contributed by atoms with Gasteiger partial charge in [0.1, 0.15) is 5.60 Å². The lowest BCUT2D eigenvalue weighted by Crippen LogP contribution is -2.38. The molecule has 0 saturated carbocycles. The zero-order chi connectivity index (χ0) is 16.4. The predicted octanol–water partition coefficient (Wildman–Crippen LogP) is 2.94. The summed E-state index contributed by atoms with van der Waals surface area (Å²) in [6.45, 7) is 3.30. The molecule has 2 aromatic rings. The van der Waals surface area contributed by atoms with E-state index in [9.17, 15) is 13.5 Å². The Morgan fingerprint density at radius 3 is 2.41 bits per heavy atom. The third-order valence-corrected chi connectivity index (χ3v) is 5.30. The quantitative estimate of drug-likeness (QED) is 0.833. The molecule has 0 fully saturated rings. The molecule has 0 bridgehead atoms. The average molecular weight is 384 g/mol. The van der Waals surface area contributed by atoms with Crippen LogP contribution in [0.3, 0.4) is 0 Å². The van der Waals surface area contributed by atoms with Crippen molar-refractivity contribution in [2.24, 2.45) is 0 Å². The molecule has 0 aliphatic carbocycles. The van der Waals surface area contributed by atoms with Gasteiger partial charge >= 0.3 is 0 Å². The summed E-state index contributed by atoms with van der Waals surface area (Å²) in [6.07, 6.45) is 0. The Morgan fingerprint density at radius 1 is 1.18 bits per heavy atom. The number of halogens is 1. The first-order valence-electron chi connectivity index (χ1n) is 6.75. The molecule has 0 heterocycles. The van der Waals surface area contributed by atoms with Gasteiger partial charge in [0.15, 0.2) is 0 Å². The van der Waals surface area contributed by atoms with Gasteiger partial charge in [-0.15, -0.1) is 0 Å². The van der Waals surface area contributed by atoms with Crippen molar-refractivity contribution in [3.63, 3.8) is 0 Å². The smallest absolute Gasteiger partial charge is 0.240 e. The zero-order valence-electron chi connectivity index (χ0n) is 12.4. The highest BCUT2D eigenvalue weighted by Crippen LogP contribution is 2.22. The normalized spacial score (nSPS) is 14.5. The van der Waals surface area contributed by atoms with Gasteiger partial charge in [-0.2, -0.15) is 0 Å². The van der Waals surface area contributed by atoms with Crippen LogP contribution in [0.5, 0.6) is 0 Å². The van der Waals surface area contributed by atoms with Crippen LogP contribution in [-0.4, -0.2) is 20.1 Å². The van der Waals surface area contributed by atoms with E-state index < -0.39 is 15.6 Å². The monoisotopic (exact) mass is 383 g/mol. The molecule has 1 atom stereocenters. The third-order valence-electron chi connectivity index (χ3n) is 3.37. The standard InChI is InChI=1S/C16H18BrNO3S/c1-12-4-3-5-15(10-12)22(20,21)18-11-16(2,19)13-6-8-14(17)9-7-13/h3-10,18-19H,11H2,1-2H3. The van der Waals surface area contributed by atoms with E-state index in [1.54, 1.807) is 43.3 Å². The van der Waals surface area contributed by atoms with E-state index in [1.165, 1.54) is 6.07 Å². The lowest BCUT2D eigenvalue weighted by molar-refractivity contribution is 0.0627. The number of hydrogen-bond acceptors (Lipinski definition) is 3. The van der Waals surface area contributed by atoms with Crippen LogP contribution in [0.2, 0.25) is 0 Å². The number of aliphatic hydroxyl groups is 1. The van der Waals surface area contributed by atoms with Gasteiger partial charge in [0.05, 0.1) is 4.90 Å². The lowest BCUT2D eigenvalue weighted by Gasteiger charge is -2.24. The third kappa shape index (κ3) is 4.16. The summed E-state index contributed by atoms with van der Waals surface area (Å²) in [7, 11) is -3.65. The van der Waals surface area contributed by atoms with Crippen LogP contribution in [0.1, 0.15) is 18.1 Å². The molecule has 0 spiro atoms. The predicted molar refractivity (Wildman–Crippen MR) is 90.1 cm³/mol. The number of hydrogen-bond donors (Lipinski definition) is 2. The van der Waals surface area contributed by atoms with E-state index in [-0.39, 0.29) is 11.4 Å². The molecule has 2 rings (SSSR count). The summed E-state index contributed by atoms with van der Waals surface area (Å²) in [5, 5.41) is 10.5. The molecule has 0 aliphatic heterocycles. The molecule has 6 heteroatoms. The fourth-order valence-corrected chi connectivity index (χ4v) is 3.51. The summed E-state index contributed by atoms with van der Waals surface area (Å²) in [5.74, 6) is 0. The minimum atomic E-state index is -3.65. The topological polar surface area (TPSA) is 66.4 Å². The molecular formula is C16H18BrNO3S. The number of sulfonamides is 1. The molecule has 4 nitrogen and oxygen atoms in total. The molecule has 22 heavy (non-hydrogen) atoms. The summed E-state index contributed by atoms with van der Waals surface area (Å²) in [4.78, 5) is 0.194. The maximum atomic E-state index is 12.3. The Labute approximate surface area is 139 Å². The molecule has 0 aliphatic rings. The Balaban J connectivity index is 2.15. The summed E-state index contributed by atoms with van der Waals surface area (Å²) in [5.41, 5.74) is 0.211. The number of benzene rings is 2. The second kappa shape index (κ2) is 6.50. The fourth-order valence-electron chi connectivity index (χ4n) is 2.01. The molecule has 0 radical (unpaired) electrons. The second-order valence-corrected chi connectivity index (χ2v) is 8.10. The molecule has 0 aromatic heterocycles. The SMILES string of the molecule is Cc1cccc(S(=O)(=O)NCC(C)(O)c2ccc(Br)cc2)c1.